The summed E-state index contributed by atoms with van der Waals surface area (Å²) in [6, 6.07) is 14.0. The second-order valence-corrected chi connectivity index (χ2v) is 4.28. The van der Waals surface area contributed by atoms with E-state index in [1.807, 2.05) is 18.2 Å². The molecule has 6 nitrogen and oxygen atoms in total. The number of nitrogens with one attached hydrogen (secondary N) is 4. The first-order chi connectivity index (χ1) is 9.74. The molecule has 1 aliphatic heterocycles. The number of hydrazine groups is 2. The number of benzene rings is 2. The van der Waals surface area contributed by atoms with Crippen LogP contribution in [0.5, 0.6) is 0 Å². The summed E-state index contributed by atoms with van der Waals surface area (Å²) < 4.78 is 0. The average Bonchev–Trinajstić information content (AvgIpc) is 2.48. The van der Waals surface area contributed by atoms with E-state index in [0.29, 0.717) is 22.5 Å². The van der Waals surface area contributed by atoms with Crippen molar-refractivity contribution in [3.05, 3.63) is 59.7 Å². The maximum Gasteiger partial charge on any atom is 0.268 e. The van der Waals surface area contributed by atoms with Gasteiger partial charge >= 0.3 is 0 Å². The molecule has 0 atom stereocenters. The predicted molar refractivity (Wildman–Crippen MR) is 77.2 cm³/mol. The number of carbonyl (C=O) groups is 2. The molecule has 1 heterocycles. The average molecular weight is 270 g/mol. The van der Waals surface area contributed by atoms with Crippen molar-refractivity contribution in [2.24, 2.45) is 0 Å². The Balaban J connectivity index is 0.00000161. The Morgan fingerprint density at radius 3 is 2.65 bits per heavy atom. The van der Waals surface area contributed by atoms with Crippen LogP contribution in [0.2, 0.25) is 0 Å². The molecule has 2 amide bonds. The van der Waals surface area contributed by atoms with E-state index in [0.717, 1.165) is 0 Å². The van der Waals surface area contributed by atoms with Gasteiger partial charge in [0.1, 0.15) is 0 Å². The molecule has 0 fully saturated rings. The Kier molecular flexibility index (Phi) is 3.06. The SMILES string of the molecule is O=C(Nc1ccccc1)c1ccc2c(c1)C(=O)NNN2.[HH]. The lowest BCUT2D eigenvalue weighted by Gasteiger charge is -2.19. The van der Waals surface area contributed by atoms with Gasteiger partial charge in [0.25, 0.3) is 11.8 Å². The molecule has 102 valence electrons. The minimum absolute atomic E-state index is 0. The molecule has 0 spiro atoms. The summed E-state index contributed by atoms with van der Waals surface area (Å²) in [5.74, 6) is -0.543. The normalized spacial score (nSPS) is 12.9. The Morgan fingerprint density at radius 1 is 1.05 bits per heavy atom. The molecule has 0 aliphatic carbocycles. The van der Waals surface area contributed by atoms with E-state index in [1.54, 1.807) is 30.3 Å². The van der Waals surface area contributed by atoms with Crippen molar-refractivity contribution >= 4 is 23.2 Å². The number of anilines is 2. The Bertz CT molecular complexity index is 676. The summed E-state index contributed by atoms with van der Waals surface area (Å²) in [4.78, 5) is 23.8. The fraction of sp³-hybridized carbons (Fsp3) is 0. The minimum Gasteiger partial charge on any atom is -0.322 e. The maximum atomic E-state index is 12.1. The molecule has 0 saturated carbocycles. The van der Waals surface area contributed by atoms with E-state index < -0.39 is 0 Å². The van der Waals surface area contributed by atoms with E-state index in [1.165, 1.54) is 0 Å². The zero-order valence-corrected chi connectivity index (χ0v) is 10.4. The van der Waals surface area contributed by atoms with Gasteiger partial charge in [0.05, 0.1) is 11.3 Å². The molecule has 0 saturated heterocycles. The van der Waals surface area contributed by atoms with Gasteiger partial charge in [-0.15, -0.1) is 5.53 Å². The maximum absolute atomic E-state index is 12.1. The molecule has 3 rings (SSSR count). The molecule has 0 aromatic heterocycles. The van der Waals surface area contributed by atoms with Gasteiger partial charge in [-0.25, -0.2) is 0 Å². The summed E-state index contributed by atoms with van der Waals surface area (Å²) in [6.07, 6.45) is 0. The van der Waals surface area contributed by atoms with E-state index in [-0.39, 0.29) is 13.2 Å². The smallest absolute Gasteiger partial charge is 0.268 e. The summed E-state index contributed by atoms with van der Waals surface area (Å²) in [5.41, 5.74) is 9.93. The molecular weight excluding hydrogens is 256 g/mol. The van der Waals surface area contributed by atoms with Crippen molar-refractivity contribution in [3.8, 4) is 0 Å². The highest BCUT2D eigenvalue weighted by molar-refractivity contribution is 6.08. The van der Waals surface area contributed by atoms with Gasteiger partial charge < -0.3 is 10.7 Å². The Hall–Kier alpha value is -2.86. The molecule has 0 bridgehead atoms. The third-order valence-electron chi connectivity index (χ3n) is 2.93. The lowest BCUT2D eigenvalue weighted by atomic mass is 10.1. The lowest BCUT2D eigenvalue weighted by Crippen LogP contribution is -2.45. The van der Waals surface area contributed by atoms with Gasteiger partial charge in [-0.2, -0.15) is 0 Å². The zero-order chi connectivity index (χ0) is 13.9. The van der Waals surface area contributed by atoms with Crippen LogP contribution in [0, 0.1) is 0 Å². The van der Waals surface area contributed by atoms with Crippen LogP contribution in [0.1, 0.15) is 22.1 Å². The van der Waals surface area contributed by atoms with Crippen LogP contribution in [0.4, 0.5) is 11.4 Å². The van der Waals surface area contributed by atoms with Crippen molar-refractivity contribution in [2.75, 3.05) is 10.7 Å². The molecule has 4 N–H and O–H groups in total. The fourth-order valence-corrected chi connectivity index (χ4v) is 1.93. The van der Waals surface area contributed by atoms with Crippen LogP contribution in [0.3, 0.4) is 0 Å². The van der Waals surface area contributed by atoms with Crippen LogP contribution in [0.25, 0.3) is 0 Å². The van der Waals surface area contributed by atoms with Crippen molar-refractivity contribution < 1.29 is 11.0 Å². The van der Waals surface area contributed by atoms with Crippen LogP contribution < -0.4 is 21.7 Å². The van der Waals surface area contributed by atoms with Crippen molar-refractivity contribution in [1.29, 1.82) is 0 Å². The van der Waals surface area contributed by atoms with Gasteiger partial charge in [-0.05, 0) is 30.3 Å². The lowest BCUT2D eigenvalue weighted by molar-refractivity contribution is 0.0931. The first-order valence-corrected chi connectivity index (χ1v) is 6.06. The van der Waals surface area contributed by atoms with Crippen molar-refractivity contribution in [2.45, 2.75) is 0 Å². The monoisotopic (exact) mass is 270 g/mol. The van der Waals surface area contributed by atoms with Crippen LogP contribution >= 0.6 is 0 Å². The fourth-order valence-electron chi connectivity index (χ4n) is 1.93. The molecule has 0 radical (unpaired) electrons. The molecule has 20 heavy (non-hydrogen) atoms. The third-order valence-corrected chi connectivity index (χ3v) is 2.93. The number of amides is 2. The second kappa shape index (κ2) is 5.02. The number of fused-ring (bicyclic) bond motifs is 1. The number of carbonyl (C=O) groups excluding carboxylic acids is 2. The summed E-state index contributed by atoms with van der Waals surface area (Å²) in [5, 5.41) is 2.77. The van der Waals surface area contributed by atoms with E-state index in [2.05, 4.69) is 21.7 Å². The van der Waals surface area contributed by atoms with E-state index >= 15 is 0 Å². The number of para-hydroxylation sites is 1. The van der Waals surface area contributed by atoms with Crippen LogP contribution in [-0.4, -0.2) is 11.8 Å². The molecule has 0 unspecified atom stereocenters. The van der Waals surface area contributed by atoms with Gasteiger partial charge in [-0.1, -0.05) is 18.2 Å². The number of hydrogen-bond donors (Lipinski definition) is 4. The van der Waals surface area contributed by atoms with E-state index in [9.17, 15) is 9.59 Å². The number of rotatable bonds is 2. The number of hydrogen-bond acceptors (Lipinski definition) is 4. The first kappa shape index (κ1) is 12.2. The topological polar surface area (TPSA) is 82.3 Å². The minimum atomic E-state index is -0.284. The summed E-state index contributed by atoms with van der Waals surface area (Å²) in [7, 11) is 0. The Morgan fingerprint density at radius 2 is 1.85 bits per heavy atom. The second-order valence-electron chi connectivity index (χ2n) is 4.28. The quantitative estimate of drug-likeness (QED) is 0.670. The van der Waals surface area contributed by atoms with Gasteiger partial charge in [0, 0.05) is 12.7 Å². The molecule has 2 aromatic carbocycles. The highest BCUT2D eigenvalue weighted by Gasteiger charge is 2.18. The summed E-state index contributed by atoms with van der Waals surface area (Å²) >= 11 is 0. The third kappa shape index (κ3) is 2.32. The largest absolute Gasteiger partial charge is 0.322 e. The van der Waals surface area contributed by atoms with Gasteiger partial charge in [0.2, 0.25) is 0 Å². The zero-order valence-electron chi connectivity index (χ0n) is 10.4. The molecule has 6 heteroatoms. The predicted octanol–water partition coefficient (Wildman–Crippen LogP) is 1.76. The van der Waals surface area contributed by atoms with Gasteiger partial charge in [0.15, 0.2) is 0 Å². The van der Waals surface area contributed by atoms with E-state index in [4.69, 9.17) is 0 Å². The van der Waals surface area contributed by atoms with Crippen LogP contribution in [-0.2, 0) is 0 Å². The Labute approximate surface area is 116 Å². The first-order valence-electron chi connectivity index (χ1n) is 6.06. The van der Waals surface area contributed by atoms with Crippen LogP contribution in [0.15, 0.2) is 48.5 Å². The van der Waals surface area contributed by atoms with Gasteiger partial charge in [-0.3, -0.25) is 15.0 Å². The standard InChI is InChI=1S/C14H12N4O2.H2/c19-13(15-10-4-2-1-3-5-10)9-6-7-12-11(8-9)14(20)17-18-16-12;/h1-8,16,18H,(H,15,19)(H,17,20);1H. The summed E-state index contributed by atoms with van der Waals surface area (Å²) in [6.45, 7) is 0. The highest BCUT2D eigenvalue weighted by atomic mass is 16.2. The molecular formula is C14H14N4O2. The highest BCUT2D eigenvalue weighted by Crippen LogP contribution is 2.19. The molecule has 2 aromatic rings. The molecule has 1 aliphatic rings. The van der Waals surface area contributed by atoms with Crippen molar-refractivity contribution in [3.63, 3.8) is 0 Å². The van der Waals surface area contributed by atoms with Crippen molar-refractivity contribution in [1.82, 2.24) is 11.0 Å².